The van der Waals surface area contributed by atoms with Crippen LogP contribution in [0.5, 0.6) is 5.75 Å². The van der Waals surface area contributed by atoms with Gasteiger partial charge in [0.1, 0.15) is 12.4 Å². The topological polar surface area (TPSA) is 21.3 Å². The van der Waals surface area contributed by atoms with Gasteiger partial charge in [0.2, 0.25) is 0 Å². The highest BCUT2D eigenvalue weighted by atomic mass is 79.9. The maximum atomic E-state index is 5.87. The molecule has 1 atom stereocenters. The lowest BCUT2D eigenvalue weighted by Gasteiger charge is -2.11. The third-order valence-electron chi connectivity index (χ3n) is 3.55. The summed E-state index contributed by atoms with van der Waals surface area (Å²) in [6.07, 6.45) is 2.33. The Morgan fingerprint density at radius 2 is 2.26 bits per heavy atom. The van der Waals surface area contributed by atoms with Gasteiger partial charge in [-0.3, -0.25) is 0 Å². The number of fused-ring (bicyclic) bond motifs is 1. The second-order valence-corrected chi connectivity index (χ2v) is 7.28. The first-order valence-corrected chi connectivity index (χ1v) is 8.04. The molecule has 4 heteroatoms. The van der Waals surface area contributed by atoms with Crippen LogP contribution in [0.2, 0.25) is 0 Å². The van der Waals surface area contributed by atoms with Gasteiger partial charge in [0, 0.05) is 10.9 Å². The fraction of sp³-hybridized carbons (Fsp3) is 0.333. The zero-order valence-corrected chi connectivity index (χ0v) is 13.2. The molecule has 0 saturated carbocycles. The van der Waals surface area contributed by atoms with Gasteiger partial charge in [-0.25, -0.2) is 0 Å². The van der Waals surface area contributed by atoms with Crippen molar-refractivity contribution in [2.75, 3.05) is 7.05 Å². The lowest BCUT2D eigenvalue weighted by atomic mass is 10.1. The van der Waals surface area contributed by atoms with E-state index in [9.17, 15) is 0 Å². The van der Waals surface area contributed by atoms with Crippen LogP contribution in [0.1, 0.15) is 28.5 Å². The molecule has 0 amide bonds. The first-order valence-electron chi connectivity index (χ1n) is 6.43. The highest BCUT2D eigenvalue weighted by Crippen LogP contribution is 2.33. The molecule has 1 heterocycles. The molecule has 0 aliphatic heterocycles. The van der Waals surface area contributed by atoms with E-state index in [-0.39, 0.29) is 0 Å². The minimum atomic E-state index is 0.511. The van der Waals surface area contributed by atoms with Crippen LogP contribution in [-0.2, 0) is 13.0 Å². The van der Waals surface area contributed by atoms with Crippen molar-refractivity contribution in [2.24, 2.45) is 0 Å². The van der Waals surface area contributed by atoms with E-state index in [1.807, 2.05) is 7.05 Å². The molecular weight excluding hydrogens is 322 g/mol. The van der Waals surface area contributed by atoms with Crippen LogP contribution in [0, 0.1) is 0 Å². The quantitative estimate of drug-likeness (QED) is 0.898. The van der Waals surface area contributed by atoms with Crippen molar-refractivity contribution >= 4 is 27.3 Å². The molecule has 1 unspecified atom stereocenters. The molecule has 0 fully saturated rings. The summed E-state index contributed by atoms with van der Waals surface area (Å²) in [6.45, 7) is 0.643. The van der Waals surface area contributed by atoms with Gasteiger partial charge in [-0.2, -0.15) is 0 Å². The minimum Gasteiger partial charge on any atom is -0.488 e. The summed E-state index contributed by atoms with van der Waals surface area (Å²) >= 11 is 5.19. The molecule has 0 bridgehead atoms. The first-order chi connectivity index (χ1) is 9.26. The standard InChI is InChI=1S/C15H16BrNOS/c1-17-14-6-2-10-8-11(3-5-13(10)14)18-9-12-4-7-15(16)19-12/h3-5,7-8,14,17H,2,6,9H2,1H3. The molecule has 100 valence electrons. The molecule has 3 rings (SSSR count). The number of hydrogen-bond donors (Lipinski definition) is 1. The molecule has 2 nitrogen and oxygen atoms in total. The molecule has 1 aliphatic carbocycles. The van der Waals surface area contributed by atoms with Crippen molar-refractivity contribution in [1.82, 2.24) is 5.32 Å². The summed E-state index contributed by atoms with van der Waals surface area (Å²) in [4.78, 5) is 1.24. The van der Waals surface area contributed by atoms with Gasteiger partial charge in [0.25, 0.3) is 0 Å². The Balaban J connectivity index is 1.69. The van der Waals surface area contributed by atoms with E-state index >= 15 is 0 Å². The van der Waals surface area contributed by atoms with Gasteiger partial charge in [-0.15, -0.1) is 11.3 Å². The third-order valence-corrected chi connectivity index (χ3v) is 5.15. The fourth-order valence-electron chi connectivity index (χ4n) is 2.57. The predicted molar refractivity (Wildman–Crippen MR) is 82.9 cm³/mol. The second-order valence-electron chi connectivity index (χ2n) is 4.74. The van der Waals surface area contributed by atoms with Crippen LogP contribution in [-0.4, -0.2) is 7.05 Å². The highest BCUT2D eigenvalue weighted by Gasteiger charge is 2.21. The van der Waals surface area contributed by atoms with Gasteiger partial charge in [-0.1, -0.05) is 6.07 Å². The van der Waals surface area contributed by atoms with E-state index in [2.05, 4.69) is 51.6 Å². The van der Waals surface area contributed by atoms with Crippen molar-refractivity contribution in [3.63, 3.8) is 0 Å². The Labute approximate surface area is 125 Å². The van der Waals surface area contributed by atoms with Gasteiger partial charge in [-0.05, 0) is 71.2 Å². The average Bonchev–Trinajstić information content (AvgIpc) is 3.01. The maximum absolute atomic E-state index is 5.87. The van der Waals surface area contributed by atoms with Gasteiger partial charge in [0.15, 0.2) is 0 Å². The van der Waals surface area contributed by atoms with Crippen LogP contribution in [0.15, 0.2) is 34.1 Å². The Bertz CT molecular complexity index is 581. The minimum absolute atomic E-state index is 0.511. The molecular formula is C15H16BrNOS. The molecule has 1 N–H and O–H groups in total. The Morgan fingerprint density at radius 1 is 1.37 bits per heavy atom. The van der Waals surface area contributed by atoms with Gasteiger partial charge >= 0.3 is 0 Å². The van der Waals surface area contributed by atoms with Crippen molar-refractivity contribution in [3.8, 4) is 5.75 Å². The number of benzene rings is 1. The normalized spacial score (nSPS) is 17.5. The molecule has 0 saturated heterocycles. The van der Waals surface area contributed by atoms with Crippen molar-refractivity contribution in [1.29, 1.82) is 0 Å². The maximum Gasteiger partial charge on any atom is 0.122 e. The third kappa shape index (κ3) is 2.86. The van der Waals surface area contributed by atoms with Crippen molar-refractivity contribution < 1.29 is 4.74 Å². The number of nitrogens with one attached hydrogen (secondary N) is 1. The summed E-state index contributed by atoms with van der Waals surface area (Å²) in [5, 5.41) is 3.36. The van der Waals surface area contributed by atoms with E-state index in [4.69, 9.17) is 4.74 Å². The molecule has 19 heavy (non-hydrogen) atoms. The van der Waals surface area contributed by atoms with E-state index in [0.717, 1.165) is 16.0 Å². The Hall–Kier alpha value is -0.840. The molecule has 0 radical (unpaired) electrons. The molecule has 1 aromatic carbocycles. The van der Waals surface area contributed by atoms with Crippen LogP contribution in [0.4, 0.5) is 0 Å². The van der Waals surface area contributed by atoms with E-state index in [0.29, 0.717) is 12.6 Å². The fourth-order valence-corrected chi connectivity index (χ4v) is 3.96. The number of aryl methyl sites for hydroxylation is 1. The molecule has 1 aliphatic rings. The Kier molecular flexibility index (Phi) is 3.91. The van der Waals surface area contributed by atoms with Gasteiger partial charge < -0.3 is 10.1 Å². The van der Waals surface area contributed by atoms with Crippen LogP contribution < -0.4 is 10.1 Å². The summed E-state index contributed by atoms with van der Waals surface area (Å²) in [5.41, 5.74) is 2.85. The average molecular weight is 338 g/mol. The second kappa shape index (κ2) is 5.65. The molecule has 0 spiro atoms. The number of thiophene rings is 1. The molecule has 1 aromatic heterocycles. The molecule has 2 aromatic rings. The number of hydrogen-bond acceptors (Lipinski definition) is 3. The van der Waals surface area contributed by atoms with E-state index < -0.39 is 0 Å². The number of rotatable bonds is 4. The van der Waals surface area contributed by atoms with Crippen LogP contribution in [0.3, 0.4) is 0 Å². The lowest BCUT2D eigenvalue weighted by Crippen LogP contribution is -2.12. The number of ether oxygens (including phenoxy) is 1. The zero-order valence-electron chi connectivity index (χ0n) is 10.8. The van der Waals surface area contributed by atoms with E-state index in [1.165, 1.54) is 22.4 Å². The summed E-state index contributed by atoms with van der Waals surface area (Å²) in [5.74, 6) is 0.972. The van der Waals surface area contributed by atoms with Crippen molar-refractivity contribution in [3.05, 3.63) is 50.1 Å². The summed E-state index contributed by atoms with van der Waals surface area (Å²) in [6, 6.07) is 11.1. The summed E-state index contributed by atoms with van der Waals surface area (Å²) < 4.78 is 7.02. The largest absolute Gasteiger partial charge is 0.488 e. The van der Waals surface area contributed by atoms with Crippen LogP contribution >= 0.6 is 27.3 Å². The van der Waals surface area contributed by atoms with Crippen LogP contribution in [0.25, 0.3) is 0 Å². The van der Waals surface area contributed by atoms with Crippen molar-refractivity contribution in [2.45, 2.75) is 25.5 Å². The SMILES string of the molecule is CNC1CCc2cc(OCc3ccc(Br)s3)ccc21. The smallest absolute Gasteiger partial charge is 0.122 e. The monoisotopic (exact) mass is 337 g/mol. The summed E-state index contributed by atoms with van der Waals surface area (Å²) in [7, 11) is 2.03. The Morgan fingerprint density at radius 3 is 3.00 bits per heavy atom. The van der Waals surface area contributed by atoms with E-state index in [1.54, 1.807) is 11.3 Å². The lowest BCUT2D eigenvalue weighted by molar-refractivity contribution is 0.309. The first kappa shape index (κ1) is 13.2. The highest BCUT2D eigenvalue weighted by molar-refractivity contribution is 9.11. The predicted octanol–water partition coefficient (Wildman–Crippen LogP) is 4.30. The zero-order chi connectivity index (χ0) is 13.2. The van der Waals surface area contributed by atoms with Gasteiger partial charge in [0.05, 0.1) is 3.79 Å². The number of halogens is 1.